The van der Waals surface area contributed by atoms with Gasteiger partial charge in [0, 0.05) is 47.2 Å². The molecule has 1 aliphatic rings. The molecule has 1 heterocycles. The molecule has 0 radical (unpaired) electrons. The fourth-order valence-electron chi connectivity index (χ4n) is 2.42. The number of hydrogen-bond donors (Lipinski definition) is 2. The second-order valence-corrected chi connectivity index (χ2v) is 5.77. The Hall–Kier alpha value is -1.79. The highest BCUT2D eigenvalue weighted by Gasteiger charge is 2.23. The Balaban J connectivity index is 2.54. The molecule has 7 nitrogen and oxygen atoms in total. The van der Waals surface area contributed by atoms with Crippen LogP contribution in [0.4, 0.5) is 0 Å². The van der Waals surface area contributed by atoms with Crippen LogP contribution in [0.3, 0.4) is 0 Å². The molecular weight excluding hydrogens is 282 g/mol. The first kappa shape index (κ1) is 18.3. The average molecular weight is 311 g/mol. The molecule has 22 heavy (non-hydrogen) atoms. The summed E-state index contributed by atoms with van der Waals surface area (Å²) in [5.41, 5.74) is 0. The van der Waals surface area contributed by atoms with Crippen LogP contribution in [0.5, 0.6) is 0 Å². The first-order valence-electron chi connectivity index (χ1n) is 7.91. The summed E-state index contributed by atoms with van der Waals surface area (Å²) in [6, 6.07) is 0. The Labute approximate surface area is 133 Å². The maximum atomic E-state index is 11.7. The number of carbonyl (C=O) groups excluding carboxylic acids is 2. The highest BCUT2D eigenvalue weighted by molar-refractivity contribution is 5.85. The van der Waals surface area contributed by atoms with E-state index >= 15 is 0 Å². The Morgan fingerprint density at radius 2 is 1.91 bits per heavy atom. The van der Waals surface area contributed by atoms with E-state index in [1.165, 1.54) is 0 Å². The first-order valence-corrected chi connectivity index (χ1v) is 7.91. The standard InChI is InChI=1S/C15H29N5O2/c1-5-17-15(18-11-14(22)19(3)4)20-8-6-12(7-9-20)10-13(21)16-2/h12H,5-11H2,1-4H3,(H,16,21)(H,17,18). The van der Waals surface area contributed by atoms with E-state index in [0.717, 1.165) is 38.4 Å². The molecule has 0 aliphatic carbocycles. The SMILES string of the molecule is CCNC(=NCC(=O)N(C)C)N1CCC(CC(=O)NC)CC1. The van der Waals surface area contributed by atoms with Crippen molar-refractivity contribution in [2.45, 2.75) is 26.2 Å². The molecule has 0 saturated carbocycles. The number of likely N-dealkylation sites (tertiary alicyclic amines) is 1. The summed E-state index contributed by atoms with van der Waals surface area (Å²) in [7, 11) is 5.14. The molecule has 1 rings (SSSR count). The van der Waals surface area contributed by atoms with E-state index in [9.17, 15) is 9.59 Å². The maximum Gasteiger partial charge on any atom is 0.243 e. The van der Waals surface area contributed by atoms with E-state index < -0.39 is 0 Å². The lowest BCUT2D eigenvalue weighted by Crippen LogP contribution is -2.46. The number of nitrogens with one attached hydrogen (secondary N) is 2. The number of rotatable bonds is 5. The summed E-state index contributed by atoms with van der Waals surface area (Å²) in [6.07, 6.45) is 2.54. The van der Waals surface area contributed by atoms with Crippen LogP contribution in [-0.2, 0) is 9.59 Å². The van der Waals surface area contributed by atoms with E-state index in [1.54, 1.807) is 26.0 Å². The normalized spacial score (nSPS) is 16.4. The Morgan fingerprint density at radius 1 is 1.27 bits per heavy atom. The van der Waals surface area contributed by atoms with Crippen LogP contribution in [0, 0.1) is 5.92 Å². The lowest BCUT2D eigenvalue weighted by atomic mass is 9.93. The number of guanidine groups is 1. The van der Waals surface area contributed by atoms with Crippen LogP contribution in [0.1, 0.15) is 26.2 Å². The van der Waals surface area contributed by atoms with Gasteiger partial charge in [0.2, 0.25) is 11.8 Å². The minimum absolute atomic E-state index is 0.00935. The minimum Gasteiger partial charge on any atom is -0.359 e. The van der Waals surface area contributed by atoms with E-state index in [1.807, 2.05) is 6.92 Å². The number of likely N-dealkylation sites (N-methyl/N-ethyl adjacent to an activating group) is 1. The van der Waals surface area contributed by atoms with Crippen LogP contribution in [0.15, 0.2) is 4.99 Å². The van der Waals surface area contributed by atoms with E-state index in [-0.39, 0.29) is 18.4 Å². The Bertz CT molecular complexity index is 401. The van der Waals surface area contributed by atoms with Gasteiger partial charge < -0.3 is 20.4 Å². The highest BCUT2D eigenvalue weighted by Crippen LogP contribution is 2.20. The van der Waals surface area contributed by atoms with Crippen molar-refractivity contribution >= 4 is 17.8 Å². The molecule has 7 heteroatoms. The zero-order valence-corrected chi connectivity index (χ0v) is 14.2. The maximum absolute atomic E-state index is 11.7. The largest absolute Gasteiger partial charge is 0.359 e. The molecule has 0 aromatic heterocycles. The van der Waals surface area contributed by atoms with Gasteiger partial charge in [-0.1, -0.05) is 0 Å². The lowest BCUT2D eigenvalue weighted by molar-refractivity contribution is -0.127. The minimum atomic E-state index is -0.00935. The van der Waals surface area contributed by atoms with Crippen molar-refractivity contribution in [3.63, 3.8) is 0 Å². The van der Waals surface area contributed by atoms with Gasteiger partial charge in [-0.25, -0.2) is 4.99 Å². The number of amides is 2. The van der Waals surface area contributed by atoms with Crippen molar-refractivity contribution in [3.05, 3.63) is 0 Å². The zero-order valence-electron chi connectivity index (χ0n) is 14.2. The molecule has 2 N–H and O–H groups in total. The van der Waals surface area contributed by atoms with Crippen molar-refractivity contribution < 1.29 is 9.59 Å². The number of hydrogen-bond acceptors (Lipinski definition) is 3. The second-order valence-electron chi connectivity index (χ2n) is 5.77. The van der Waals surface area contributed by atoms with Crippen LogP contribution >= 0.6 is 0 Å². The zero-order chi connectivity index (χ0) is 16.5. The number of carbonyl (C=O) groups is 2. The summed E-state index contributed by atoms with van der Waals surface area (Å²) in [4.78, 5) is 31.2. The predicted octanol–water partition coefficient (Wildman–Crippen LogP) is -0.112. The fourth-order valence-corrected chi connectivity index (χ4v) is 2.42. The summed E-state index contributed by atoms with van der Waals surface area (Å²) >= 11 is 0. The highest BCUT2D eigenvalue weighted by atomic mass is 16.2. The van der Waals surface area contributed by atoms with Crippen LogP contribution < -0.4 is 10.6 Å². The molecule has 0 aromatic carbocycles. The van der Waals surface area contributed by atoms with Gasteiger partial charge in [0.25, 0.3) is 0 Å². The van der Waals surface area contributed by atoms with Crippen molar-refractivity contribution in [2.75, 3.05) is 47.3 Å². The summed E-state index contributed by atoms with van der Waals surface area (Å²) in [6.45, 7) is 4.68. The van der Waals surface area contributed by atoms with Gasteiger partial charge in [-0.05, 0) is 25.7 Å². The van der Waals surface area contributed by atoms with Gasteiger partial charge in [-0.3, -0.25) is 9.59 Å². The van der Waals surface area contributed by atoms with Gasteiger partial charge >= 0.3 is 0 Å². The Morgan fingerprint density at radius 3 is 2.41 bits per heavy atom. The third-order valence-electron chi connectivity index (χ3n) is 3.86. The molecular formula is C15H29N5O2. The monoisotopic (exact) mass is 311 g/mol. The Kier molecular flexibility index (Phi) is 7.70. The second kappa shape index (κ2) is 9.27. The molecule has 1 saturated heterocycles. The van der Waals surface area contributed by atoms with Crippen LogP contribution in [0.2, 0.25) is 0 Å². The number of piperidine rings is 1. The van der Waals surface area contributed by atoms with Gasteiger partial charge in [0.15, 0.2) is 5.96 Å². The smallest absolute Gasteiger partial charge is 0.243 e. The first-order chi connectivity index (χ1) is 10.5. The molecule has 0 unspecified atom stereocenters. The molecule has 1 fully saturated rings. The fraction of sp³-hybridized carbons (Fsp3) is 0.800. The van der Waals surface area contributed by atoms with Crippen molar-refractivity contribution in [1.29, 1.82) is 0 Å². The summed E-state index contributed by atoms with van der Waals surface area (Å²) < 4.78 is 0. The predicted molar refractivity (Wildman–Crippen MR) is 87.7 cm³/mol. The van der Waals surface area contributed by atoms with E-state index in [4.69, 9.17) is 0 Å². The molecule has 0 bridgehead atoms. The van der Waals surface area contributed by atoms with Crippen molar-refractivity contribution in [3.8, 4) is 0 Å². The van der Waals surface area contributed by atoms with Gasteiger partial charge in [-0.15, -0.1) is 0 Å². The quantitative estimate of drug-likeness (QED) is 0.548. The van der Waals surface area contributed by atoms with Crippen molar-refractivity contribution in [2.24, 2.45) is 10.9 Å². The number of aliphatic imine (C=N–C) groups is 1. The van der Waals surface area contributed by atoms with Crippen LogP contribution in [-0.4, -0.2) is 74.9 Å². The lowest BCUT2D eigenvalue weighted by Gasteiger charge is -2.34. The van der Waals surface area contributed by atoms with Crippen LogP contribution in [0.25, 0.3) is 0 Å². The third kappa shape index (κ3) is 5.91. The van der Waals surface area contributed by atoms with Gasteiger partial charge in [0.05, 0.1) is 0 Å². The molecule has 0 atom stereocenters. The molecule has 0 aromatic rings. The topological polar surface area (TPSA) is 77.0 Å². The molecule has 1 aliphatic heterocycles. The summed E-state index contributed by atoms with van der Waals surface area (Å²) in [5.74, 6) is 1.32. The van der Waals surface area contributed by atoms with Gasteiger partial charge in [-0.2, -0.15) is 0 Å². The molecule has 2 amide bonds. The van der Waals surface area contributed by atoms with Crippen molar-refractivity contribution in [1.82, 2.24) is 20.4 Å². The molecule has 0 spiro atoms. The summed E-state index contributed by atoms with van der Waals surface area (Å²) in [5, 5.41) is 5.92. The van der Waals surface area contributed by atoms with E-state index in [0.29, 0.717) is 12.3 Å². The third-order valence-corrected chi connectivity index (χ3v) is 3.86. The average Bonchev–Trinajstić information content (AvgIpc) is 2.51. The van der Waals surface area contributed by atoms with Gasteiger partial charge in [0.1, 0.15) is 6.54 Å². The number of nitrogens with zero attached hydrogens (tertiary/aromatic N) is 3. The molecule has 126 valence electrons. The van der Waals surface area contributed by atoms with E-state index in [2.05, 4.69) is 20.5 Å².